The minimum absolute atomic E-state index is 0.0634. The average Bonchev–Trinajstić information content (AvgIpc) is 3.21. The average molecular weight is 465 g/mol. The number of ether oxygens (including phenoxy) is 2. The Morgan fingerprint density at radius 1 is 1.29 bits per heavy atom. The smallest absolute Gasteiger partial charge is 0.320 e. The number of aryl methyl sites for hydroxylation is 2. The van der Waals surface area contributed by atoms with Crippen molar-refractivity contribution in [1.82, 2.24) is 9.55 Å². The maximum absolute atomic E-state index is 14.7. The summed E-state index contributed by atoms with van der Waals surface area (Å²) >= 11 is 0. The first-order chi connectivity index (χ1) is 16.4. The van der Waals surface area contributed by atoms with Crippen LogP contribution in [0, 0.1) is 12.7 Å². The van der Waals surface area contributed by atoms with Gasteiger partial charge in [-0.3, -0.25) is 14.4 Å². The van der Waals surface area contributed by atoms with Crippen LogP contribution in [0.4, 0.5) is 4.39 Å². The molecule has 0 spiro atoms. The summed E-state index contributed by atoms with van der Waals surface area (Å²) < 4.78 is 26.7. The first kappa shape index (κ1) is 22.4. The molecule has 0 unspecified atom stereocenters. The van der Waals surface area contributed by atoms with Gasteiger partial charge in [0.1, 0.15) is 5.82 Å². The third-order valence-electron chi connectivity index (χ3n) is 6.81. The molecule has 8 nitrogen and oxygen atoms in total. The summed E-state index contributed by atoms with van der Waals surface area (Å²) in [7, 11) is 1.44. The highest BCUT2D eigenvalue weighted by atomic mass is 19.1. The van der Waals surface area contributed by atoms with Crippen LogP contribution in [0.1, 0.15) is 45.9 Å². The van der Waals surface area contributed by atoms with E-state index < -0.39 is 18.6 Å². The van der Waals surface area contributed by atoms with Crippen LogP contribution in [0.3, 0.4) is 0 Å². The van der Waals surface area contributed by atoms with Crippen molar-refractivity contribution in [2.45, 2.75) is 45.4 Å². The van der Waals surface area contributed by atoms with E-state index in [2.05, 4.69) is 0 Å². The molecule has 1 aromatic carbocycles. The molecule has 176 valence electrons. The van der Waals surface area contributed by atoms with Crippen LogP contribution < -0.4 is 11.3 Å². The standard InChI is InChI=1S/C25H24FN3O5/c1-12-13-4-3-5-14-16-9-29-20(24(16)28-19(23(13)14)7-18(12)26)6-15(17(11-33-2)25(29)32)21(10-30)34-22(31)8-27/h6-7,10,21H,3-5,8-9,11,27H2,1-2H3/t21-/m1/s1. The van der Waals surface area contributed by atoms with Crippen molar-refractivity contribution in [3.8, 4) is 11.4 Å². The number of carbonyl (C=O) groups is 2. The van der Waals surface area contributed by atoms with Gasteiger partial charge in [0.15, 0.2) is 12.4 Å². The fourth-order valence-electron chi connectivity index (χ4n) is 5.22. The van der Waals surface area contributed by atoms with E-state index in [1.54, 1.807) is 17.6 Å². The molecule has 1 aliphatic carbocycles. The van der Waals surface area contributed by atoms with Gasteiger partial charge in [-0.05, 0) is 48.9 Å². The summed E-state index contributed by atoms with van der Waals surface area (Å²) in [6.45, 7) is 1.65. The second kappa shape index (κ2) is 8.41. The van der Waals surface area contributed by atoms with Gasteiger partial charge in [0, 0.05) is 29.7 Å². The van der Waals surface area contributed by atoms with E-state index in [-0.39, 0.29) is 29.1 Å². The predicted molar refractivity (Wildman–Crippen MR) is 122 cm³/mol. The van der Waals surface area contributed by atoms with Gasteiger partial charge >= 0.3 is 5.97 Å². The molecule has 1 atom stereocenters. The van der Waals surface area contributed by atoms with Crippen molar-refractivity contribution >= 4 is 23.2 Å². The highest BCUT2D eigenvalue weighted by Crippen LogP contribution is 2.41. The first-order valence-electron chi connectivity index (χ1n) is 11.1. The summed E-state index contributed by atoms with van der Waals surface area (Å²) in [5, 5.41) is 0.977. The van der Waals surface area contributed by atoms with Crippen molar-refractivity contribution in [2.75, 3.05) is 13.7 Å². The maximum Gasteiger partial charge on any atom is 0.320 e. The lowest BCUT2D eigenvalue weighted by Gasteiger charge is -2.22. The SMILES string of the molecule is COCc1c([C@@H](C=O)OC(=O)CN)cc2n(c1=O)Cc1c-2nc2cc(F)c(C)c3c2c1CCC3. The van der Waals surface area contributed by atoms with Gasteiger partial charge in [0.25, 0.3) is 5.56 Å². The number of benzene rings is 1. The molecular weight excluding hydrogens is 441 g/mol. The van der Waals surface area contributed by atoms with Crippen molar-refractivity contribution in [3.05, 3.63) is 61.7 Å². The molecule has 0 amide bonds. The molecule has 5 rings (SSSR count). The van der Waals surface area contributed by atoms with E-state index in [0.717, 1.165) is 41.3 Å². The van der Waals surface area contributed by atoms with Gasteiger partial charge < -0.3 is 19.8 Å². The topological polar surface area (TPSA) is 114 Å². The van der Waals surface area contributed by atoms with Crippen LogP contribution >= 0.6 is 0 Å². The third kappa shape index (κ3) is 3.26. The minimum atomic E-state index is -1.31. The number of esters is 1. The summed E-state index contributed by atoms with van der Waals surface area (Å²) in [4.78, 5) is 41.9. The summed E-state index contributed by atoms with van der Waals surface area (Å²) in [5.74, 6) is -1.07. The molecule has 0 bridgehead atoms. The number of methoxy groups -OCH3 is 1. The van der Waals surface area contributed by atoms with Crippen LogP contribution in [-0.4, -0.2) is 35.5 Å². The molecule has 34 heavy (non-hydrogen) atoms. The maximum atomic E-state index is 14.7. The first-order valence-corrected chi connectivity index (χ1v) is 11.1. The monoisotopic (exact) mass is 465 g/mol. The third-order valence-corrected chi connectivity index (χ3v) is 6.81. The second-order valence-corrected chi connectivity index (χ2v) is 8.67. The molecule has 9 heteroatoms. The number of carbonyl (C=O) groups excluding carboxylic acids is 2. The lowest BCUT2D eigenvalue weighted by Crippen LogP contribution is -2.28. The Hall–Kier alpha value is -3.43. The van der Waals surface area contributed by atoms with Gasteiger partial charge in [-0.25, -0.2) is 9.37 Å². The second-order valence-electron chi connectivity index (χ2n) is 8.67. The number of nitrogens with two attached hydrogens (primary N) is 1. The largest absolute Gasteiger partial charge is 0.449 e. The Morgan fingerprint density at radius 3 is 2.76 bits per heavy atom. The van der Waals surface area contributed by atoms with Crippen LogP contribution in [0.15, 0.2) is 16.9 Å². The highest BCUT2D eigenvalue weighted by molar-refractivity contribution is 5.92. The molecule has 0 saturated carbocycles. The van der Waals surface area contributed by atoms with Crippen molar-refractivity contribution < 1.29 is 23.5 Å². The molecule has 0 fully saturated rings. The minimum Gasteiger partial charge on any atom is -0.449 e. The van der Waals surface area contributed by atoms with E-state index >= 15 is 0 Å². The zero-order valence-electron chi connectivity index (χ0n) is 18.9. The zero-order valence-corrected chi connectivity index (χ0v) is 18.9. The molecule has 2 N–H and O–H groups in total. The Balaban J connectivity index is 1.77. The molecule has 0 saturated heterocycles. The van der Waals surface area contributed by atoms with Crippen LogP contribution in [0.2, 0.25) is 0 Å². The van der Waals surface area contributed by atoms with E-state index in [4.69, 9.17) is 20.2 Å². The predicted octanol–water partition coefficient (Wildman–Crippen LogP) is 2.25. The van der Waals surface area contributed by atoms with Crippen LogP contribution in [0.25, 0.3) is 22.3 Å². The number of pyridine rings is 2. The number of hydrogen-bond acceptors (Lipinski definition) is 7. The zero-order chi connectivity index (χ0) is 24.1. The number of aldehydes is 1. The molecule has 1 aliphatic heterocycles. The summed E-state index contributed by atoms with van der Waals surface area (Å²) in [5.41, 5.74) is 10.7. The van der Waals surface area contributed by atoms with Gasteiger partial charge in [-0.15, -0.1) is 0 Å². The Morgan fingerprint density at radius 2 is 2.06 bits per heavy atom. The summed E-state index contributed by atoms with van der Waals surface area (Å²) in [6, 6.07) is 3.09. The quantitative estimate of drug-likeness (QED) is 0.343. The van der Waals surface area contributed by atoms with Gasteiger partial charge in [-0.1, -0.05) is 0 Å². The molecule has 3 aromatic rings. The van der Waals surface area contributed by atoms with E-state index in [1.165, 1.54) is 13.2 Å². The number of aromatic nitrogens is 2. The molecule has 2 aliphatic rings. The molecular formula is C25H24FN3O5. The molecule has 3 heterocycles. The van der Waals surface area contributed by atoms with E-state index in [1.807, 2.05) is 0 Å². The summed E-state index contributed by atoms with van der Waals surface area (Å²) in [6.07, 6.45) is 1.63. The fourth-order valence-corrected chi connectivity index (χ4v) is 5.22. The molecule has 2 aromatic heterocycles. The van der Waals surface area contributed by atoms with Crippen molar-refractivity contribution in [1.29, 1.82) is 0 Å². The number of rotatable bonds is 6. The van der Waals surface area contributed by atoms with Gasteiger partial charge in [-0.2, -0.15) is 0 Å². The van der Waals surface area contributed by atoms with Crippen molar-refractivity contribution in [3.63, 3.8) is 0 Å². The van der Waals surface area contributed by atoms with Crippen LogP contribution in [0.5, 0.6) is 0 Å². The fraction of sp³-hybridized carbons (Fsp3) is 0.360. The number of fused-ring (bicyclic) bond motifs is 4. The Bertz CT molecular complexity index is 1430. The normalized spacial score (nSPS) is 14.6. The lowest BCUT2D eigenvalue weighted by atomic mass is 9.85. The highest BCUT2D eigenvalue weighted by Gasteiger charge is 2.32. The van der Waals surface area contributed by atoms with Crippen LogP contribution in [-0.2, 0) is 45.1 Å². The molecule has 0 radical (unpaired) electrons. The van der Waals surface area contributed by atoms with Gasteiger partial charge in [0.05, 0.1) is 42.2 Å². The number of hydrogen-bond donors (Lipinski definition) is 1. The number of halogens is 1. The van der Waals surface area contributed by atoms with E-state index in [9.17, 15) is 18.8 Å². The lowest BCUT2D eigenvalue weighted by molar-refractivity contribution is -0.150. The Kier molecular flexibility index (Phi) is 5.53. The van der Waals surface area contributed by atoms with Crippen molar-refractivity contribution in [2.24, 2.45) is 5.73 Å². The Labute approximate surface area is 194 Å². The van der Waals surface area contributed by atoms with Gasteiger partial charge in [0.2, 0.25) is 0 Å². The number of nitrogens with zero attached hydrogens (tertiary/aromatic N) is 2. The van der Waals surface area contributed by atoms with E-state index in [0.29, 0.717) is 35.3 Å².